The minimum atomic E-state index is -3.10. The Bertz CT molecular complexity index is 482. The predicted molar refractivity (Wildman–Crippen MR) is 55.2 cm³/mol. The maximum atomic E-state index is 12.2. The summed E-state index contributed by atoms with van der Waals surface area (Å²) < 4.78 is 24.5. The molecule has 1 aromatic rings. The highest BCUT2D eigenvalue weighted by Gasteiger charge is 2.44. The van der Waals surface area contributed by atoms with Gasteiger partial charge < -0.3 is 15.4 Å². The van der Waals surface area contributed by atoms with E-state index in [0.29, 0.717) is 12.8 Å². The highest BCUT2D eigenvalue weighted by molar-refractivity contribution is 5.85. The zero-order chi connectivity index (χ0) is 13.3. The molecule has 1 saturated carbocycles. The van der Waals surface area contributed by atoms with E-state index in [2.05, 4.69) is 15.3 Å². The number of aromatic amines is 1. The van der Waals surface area contributed by atoms with Gasteiger partial charge in [-0.15, -0.1) is 0 Å². The molecule has 1 aliphatic rings. The number of halogens is 2. The van der Waals surface area contributed by atoms with Crippen LogP contribution in [0.25, 0.3) is 0 Å². The van der Waals surface area contributed by atoms with E-state index in [1.807, 2.05) is 0 Å². The number of amides is 1. The van der Waals surface area contributed by atoms with Gasteiger partial charge in [0.05, 0.1) is 11.7 Å². The molecule has 1 aliphatic carbocycles. The molecule has 0 saturated heterocycles. The highest BCUT2D eigenvalue weighted by Crippen LogP contribution is 2.39. The lowest BCUT2D eigenvalue weighted by molar-refractivity contribution is -0.135. The predicted octanol–water partition coefficient (Wildman–Crippen LogP) is 0.868. The first kappa shape index (κ1) is 12.5. The van der Waals surface area contributed by atoms with Gasteiger partial charge in [0.1, 0.15) is 11.5 Å². The first-order valence-electron chi connectivity index (χ1n) is 5.33. The summed E-state index contributed by atoms with van der Waals surface area (Å²) in [4.78, 5) is 28.1. The summed E-state index contributed by atoms with van der Waals surface area (Å²) in [6, 6.07) is 0. The quantitative estimate of drug-likeness (QED) is 0.747. The van der Waals surface area contributed by atoms with Crippen molar-refractivity contribution in [1.29, 1.82) is 0 Å². The van der Waals surface area contributed by atoms with Crippen molar-refractivity contribution in [3.8, 4) is 0 Å². The summed E-state index contributed by atoms with van der Waals surface area (Å²) in [6.45, 7) is 0. The molecule has 3 N–H and O–H groups in total. The van der Waals surface area contributed by atoms with E-state index in [4.69, 9.17) is 5.11 Å². The van der Waals surface area contributed by atoms with Crippen molar-refractivity contribution < 1.29 is 23.5 Å². The number of rotatable bonds is 4. The third-order valence-electron chi connectivity index (χ3n) is 3.03. The fourth-order valence-electron chi connectivity index (χ4n) is 1.91. The SMILES string of the molecule is O=C(O)c1cnc(C2(NC(=O)C(F)F)CCC2)[nH]1. The number of carboxylic acid groups (broad SMARTS) is 1. The molecule has 1 amide bonds. The van der Waals surface area contributed by atoms with Crippen LogP contribution in [-0.4, -0.2) is 33.4 Å². The maximum absolute atomic E-state index is 12.2. The summed E-state index contributed by atoms with van der Waals surface area (Å²) in [7, 11) is 0. The number of imidazole rings is 1. The van der Waals surface area contributed by atoms with Gasteiger partial charge in [0.2, 0.25) is 0 Å². The van der Waals surface area contributed by atoms with E-state index in [-0.39, 0.29) is 11.5 Å². The topological polar surface area (TPSA) is 95.1 Å². The molecule has 0 radical (unpaired) electrons. The lowest BCUT2D eigenvalue weighted by atomic mass is 9.76. The Morgan fingerprint density at radius 3 is 2.56 bits per heavy atom. The average molecular weight is 259 g/mol. The van der Waals surface area contributed by atoms with Crippen LogP contribution in [-0.2, 0) is 10.3 Å². The first-order chi connectivity index (χ1) is 8.44. The summed E-state index contributed by atoms with van der Waals surface area (Å²) >= 11 is 0. The van der Waals surface area contributed by atoms with Gasteiger partial charge in [0.25, 0.3) is 5.91 Å². The van der Waals surface area contributed by atoms with Crippen molar-refractivity contribution in [3.05, 3.63) is 17.7 Å². The zero-order valence-corrected chi connectivity index (χ0v) is 9.24. The highest BCUT2D eigenvalue weighted by atomic mass is 19.3. The van der Waals surface area contributed by atoms with E-state index in [9.17, 15) is 18.4 Å². The molecule has 8 heteroatoms. The first-order valence-corrected chi connectivity index (χ1v) is 5.33. The maximum Gasteiger partial charge on any atom is 0.353 e. The van der Waals surface area contributed by atoms with Gasteiger partial charge in [0.15, 0.2) is 0 Å². The van der Waals surface area contributed by atoms with Crippen molar-refractivity contribution in [2.45, 2.75) is 31.2 Å². The molecular formula is C10H11F2N3O3. The Hall–Kier alpha value is -1.99. The van der Waals surface area contributed by atoms with Crippen LogP contribution in [0.2, 0.25) is 0 Å². The Morgan fingerprint density at radius 1 is 1.50 bits per heavy atom. The van der Waals surface area contributed by atoms with Gasteiger partial charge in [-0.3, -0.25) is 4.79 Å². The smallest absolute Gasteiger partial charge is 0.353 e. The number of H-pyrrole nitrogens is 1. The second kappa shape index (κ2) is 4.35. The molecule has 1 fully saturated rings. The molecule has 0 spiro atoms. The number of aromatic nitrogens is 2. The van der Waals surface area contributed by atoms with E-state index in [0.717, 1.165) is 12.6 Å². The van der Waals surface area contributed by atoms with Gasteiger partial charge in [-0.25, -0.2) is 9.78 Å². The van der Waals surface area contributed by atoms with E-state index in [1.165, 1.54) is 0 Å². The number of carbonyl (C=O) groups excluding carboxylic acids is 1. The number of carboxylic acids is 1. The van der Waals surface area contributed by atoms with Crippen molar-refractivity contribution >= 4 is 11.9 Å². The number of hydrogen-bond donors (Lipinski definition) is 3. The lowest BCUT2D eigenvalue weighted by Crippen LogP contribution is -2.53. The zero-order valence-electron chi connectivity index (χ0n) is 9.24. The van der Waals surface area contributed by atoms with Crippen LogP contribution in [0, 0.1) is 0 Å². The van der Waals surface area contributed by atoms with E-state index >= 15 is 0 Å². The second-order valence-electron chi connectivity index (χ2n) is 4.18. The normalized spacial score (nSPS) is 17.3. The number of nitrogens with one attached hydrogen (secondary N) is 2. The third-order valence-corrected chi connectivity index (χ3v) is 3.03. The van der Waals surface area contributed by atoms with Crippen molar-refractivity contribution in [1.82, 2.24) is 15.3 Å². The monoisotopic (exact) mass is 259 g/mol. The summed E-state index contributed by atoms with van der Waals surface area (Å²) in [5, 5.41) is 11.0. The number of aromatic carboxylic acids is 1. The molecule has 18 heavy (non-hydrogen) atoms. The van der Waals surface area contributed by atoms with Gasteiger partial charge in [-0.2, -0.15) is 8.78 Å². The Morgan fingerprint density at radius 2 is 2.17 bits per heavy atom. The summed E-state index contributed by atoms with van der Waals surface area (Å²) in [5.41, 5.74) is -1.12. The molecule has 98 valence electrons. The van der Waals surface area contributed by atoms with Gasteiger partial charge in [-0.1, -0.05) is 0 Å². The molecule has 1 aromatic heterocycles. The molecular weight excluding hydrogens is 248 g/mol. The minimum absolute atomic E-state index is 0.137. The summed E-state index contributed by atoms with van der Waals surface area (Å²) in [5.74, 6) is -2.36. The number of alkyl halides is 2. The van der Waals surface area contributed by atoms with E-state index in [1.54, 1.807) is 0 Å². The Labute approximate surface area is 100 Å². The lowest BCUT2D eigenvalue weighted by Gasteiger charge is -2.40. The molecule has 0 bridgehead atoms. The standard InChI is InChI=1S/C10H11F2N3O3/c11-6(12)7(16)15-10(2-1-3-10)9-13-4-5(14-9)8(17)18/h4,6H,1-3H2,(H,13,14)(H,15,16)(H,17,18). The minimum Gasteiger partial charge on any atom is -0.477 e. The Balaban J connectivity index is 2.21. The molecule has 1 heterocycles. The molecule has 0 atom stereocenters. The fourth-order valence-corrected chi connectivity index (χ4v) is 1.91. The van der Waals surface area contributed by atoms with Crippen LogP contribution in [0.3, 0.4) is 0 Å². The van der Waals surface area contributed by atoms with Crippen molar-refractivity contribution in [3.63, 3.8) is 0 Å². The molecule has 0 aliphatic heterocycles. The van der Waals surface area contributed by atoms with Crippen LogP contribution in [0.15, 0.2) is 6.20 Å². The van der Waals surface area contributed by atoms with Crippen LogP contribution < -0.4 is 5.32 Å². The molecule has 0 unspecified atom stereocenters. The molecule has 6 nitrogen and oxygen atoms in total. The van der Waals surface area contributed by atoms with Crippen LogP contribution in [0.4, 0.5) is 8.78 Å². The summed E-state index contributed by atoms with van der Waals surface area (Å²) in [6.07, 6.45) is -0.328. The number of nitrogens with zero attached hydrogens (tertiary/aromatic N) is 1. The average Bonchev–Trinajstić information content (AvgIpc) is 2.72. The number of hydrogen-bond acceptors (Lipinski definition) is 3. The van der Waals surface area contributed by atoms with Crippen LogP contribution in [0.5, 0.6) is 0 Å². The van der Waals surface area contributed by atoms with Gasteiger partial charge in [0, 0.05) is 0 Å². The van der Waals surface area contributed by atoms with Crippen LogP contribution in [0.1, 0.15) is 35.6 Å². The second-order valence-corrected chi connectivity index (χ2v) is 4.18. The van der Waals surface area contributed by atoms with E-state index < -0.39 is 23.8 Å². The fraction of sp³-hybridized carbons (Fsp3) is 0.500. The number of carbonyl (C=O) groups is 2. The van der Waals surface area contributed by atoms with Crippen molar-refractivity contribution in [2.75, 3.05) is 0 Å². The Kier molecular flexibility index (Phi) is 3.02. The molecule has 0 aromatic carbocycles. The van der Waals surface area contributed by atoms with Gasteiger partial charge in [-0.05, 0) is 19.3 Å². The largest absolute Gasteiger partial charge is 0.477 e. The van der Waals surface area contributed by atoms with Gasteiger partial charge >= 0.3 is 12.4 Å². The third kappa shape index (κ3) is 2.05. The molecule has 2 rings (SSSR count). The van der Waals surface area contributed by atoms with Crippen molar-refractivity contribution in [2.24, 2.45) is 0 Å². The van der Waals surface area contributed by atoms with Crippen LogP contribution >= 0.6 is 0 Å².